The molecule has 2 fully saturated rings. The number of carbonyl (C=O) groups is 3. The van der Waals surface area contributed by atoms with Crippen LogP contribution in [0, 0.1) is 0 Å². The lowest BCUT2D eigenvalue weighted by Gasteiger charge is -2.36. The number of nitrogens with one attached hydrogen (secondary N) is 1. The van der Waals surface area contributed by atoms with Crippen molar-refractivity contribution in [3.8, 4) is 0 Å². The van der Waals surface area contributed by atoms with E-state index >= 15 is 0 Å². The van der Waals surface area contributed by atoms with E-state index in [2.05, 4.69) is 21.2 Å². The highest BCUT2D eigenvalue weighted by atomic mass is 35.5. The summed E-state index contributed by atoms with van der Waals surface area (Å²) < 4.78 is 0. The number of aryl methyl sites for hydroxylation is 1. The highest BCUT2D eigenvalue weighted by Gasteiger charge is 2.39. The van der Waals surface area contributed by atoms with Crippen molar-refractivity contribution in [1.82, 2.24) is 15.1 Å². The van der Waals surface area contributed by atoms with Crippen LogP contribution >= 0.6 is 23.2 Å². The summed E-state index contributed by atoms with van der Waals surface area (Å²) in [6.07, 6.45) is 3.66. The number of carbonyl (C=O) groups excluding carboxylic acids is 3. The Bertz CT molecular complexity index is 1180. The summed E-state index contributed by atoms with van der Waals surface area (Å²) in [6, 6.07) is 11.1. The molecule has 3 aliphatic heterocycles. The predicted molar refractivity (Wildman–Crippen MR) is 141 cm³/mol. The zero-order chi connectivity index (χ0) is 25.2. The molecule has 0 aromatic heterocycles. The van der Waals surface area contributed by atoms with Gasteiger partial charge < -0.3 is 9.80 Å². The number of imide groups is 1. The molecule has 3 aliphatic rings. The highest BCUT2D eigenvalue weighted by molar-refractivity contribution is 6.43. The second-order valence-corrected chi connectivity index (χ2v) is 10.5. The molecule has 0 saturated carbocycles. The molecule has 3 heterocycles. The van der Waals surface area contributed by atoms with Gasteiger partial charge >= 0.3 is 0 Å². The predicted octanol–water partition coefficient (Wildman–Crippen LogP) is 3.90. The van der Waals surface area contributed by atoms with E-state index in [1.807, 2.05) is 30.3 Å². The smallest absolute Gasteiger partial charge is 0.255 e. The molecule has 0 aliphatic carbocycles. The summed E-state index contributed by atoms with van der Waals surface area (Å²) in [5.74, 6) is -0.749. The molecule has 190 valence electrons. The molecule has 7 nitrogen and oxygen atoms in total. The molecule has 1 atom stereocenters. The van der Waals surface area contributed by atoms with Crippen molar-refractivity contribution < 1.29 is 14.4 Å². The maximum Gasteiger partial charge on any atom is 0.255 e. The van der Waals surface area contributed by atoms with Crippen LogP contribution in [0.2, 0.25) is 10.0 Å². The van der Waals surface area contributed by atoms with Crippen LogP contribution < -0.4 is 10.2 Å². The van der Waals surface area contributed by atoms with Crippen molar-refractivity contribution in [3.05, 3.63) is 63.1 Å². The number of benzene rings is 2. The molecule has 2 saturated heterocycles. The number of nitrogens with zero attached hydrogens (tertiary/aromatic N) is 3. The van der Waals surface area contributed by atoms with Crippen molar-refractivity contribution >= 4 is 46.6 Å². The number of unbranched alkanes of at least 4 members (excludes halogenated alkanes) is 1. The summed E-state index contributed by atoms with van der Waals surface area (Å²) in [7, 11) is 0. The fraction of sp³-hybridized carbons (Fsp3) is 0.444. The van der Waals surface area contributed by atoms with E-state index in [4.69, 9.17) is 23.2 Å². The van der Waals surface area contributed by atoms with Crippen LogP contribution in [0.4, 0.5) is 5.69 Å². The Hall–Kier alpha value is -2.61. The second-order valence-electron chi connectivity index (χ2n) is 9.70. The number of fused-ring (bicyclic) bond motifs is 1. The van der Waals surface area contributed by atoms with Crippen LogP contribution in [0.3, 0.4) is 0 Å². The van der Waals surface area contributed by atoms with Gasteiger partial charge in [0.2, 0.25) is 11.8 Å². The van der Waals surface area contributed by atoms with Gasteiger partial charge in [-0.05, 0) is 61.6 Å². The normalized spacial score (nSPS) is 20.6. The third-order valence-corrected chi connectivity index (χ3v) is 8.30. The first kappa shape index (κ1) is 25.1. The summed E-state index contributed by atoms with van der Waals surface area (Å²) in [6.45, 7) is 5.28. The lowest BCUT2D eigenvalue weighted by Crippen LogP contribution is -2.52. The number of rotatable bonds is 7. The van der Waals surface area contributed by atoms with E-state index < -0.39 is 6.04 Å². The minimum atomic E-state index is -0.573. The molecule has 36 heavy (non-hydrogen) atoms. The van der Waals surface area contributed by atoms with E-state index in [0.717, 1.165) is 63.2 Å². The third-order valence-electron chi connectivity index (χ3n) is 7.49. The molecule has 9 heteroatoms. The molecule has 0 bridgehead atoms. The zero-order valence-electron chi connectivity index (χ0n) is 20.1. The Balaban J connectivity index is 1.11. The maximum atomic E-state index is 13.0. The van der Waals surface area contributed by atoms with Crippen molar-refractivity contribution in [1.29, 1.82) is 0 Å². The number of amides is 3. The molecule has 2 aromatic carbocycles. The second kappa shape index (κ2) is 10.8. The van der Waals surface area contributed by atoms with Crippen molar-refractivity contribution in [2.24, 2.45) is 0 Å². The molecule has 3 amide bonds. The van der Waals surface area contributed by atoms with Gasteiger partial charge in [-0.15, -0.1) is 0 Å². The quantitative estimate of drug-likeness (QED) is 0.435. The van der Waals surface area contributed by atoms with Gasteiger partial charge in [-0.3, -0.25) is 24.6 Å². The Kier molecular flexibility index (Phi) is 7.51. The van der Waals surface area contributed by atoms with Gasteiger partial charge in [0.25, 0.3) is 5.91 Å². The van der Waals surface area contributed by atoms with Gasteiger partial charge in [-0.25, -0.2) is 0 Å². The third kappa shape index (κ3) is 5.10. The molecule has 1 N–H and O–H groups in total. The minimum Gasteiger partial charge on any atom is -0.368 e. The summed E-state index contributed by atoms with van der Waals surface area (Å²) in [5.41, 5.74) is 3.89. The van der Waals surface area contributed by atoms with E-state index in [9.17, 15) is 14.4 Å². The standard InChI is InChI=1S/C27H30Cl2N4O3/c28-21-8-4-9-22(25(21)29)32-15-13-31(14-16-32)12-2-1-5-18-6-3-7-19-20(18)17-33(27(19)36)23-10-11-24(34)30-26(23)35/h3-4,6-9,23H,1-2,5,10-17H2,(H,30,34,35). The molecule has 0 spiro atoms. The van der Waals surface area contributed by atoms with Crippen molar-refractivity contribution in [3.63, 3.8) is 0 Å². The number of piperazine rings is 1. The fourth-order valence-electron chi connectivity index (χ4n) is 5.48. The SMILES string of the molecule is O=C1CCC(N2Cc3c(CCCCN4CCN(c5cccc(Cl)c5Cl)CC4)cccc3C2=O)C(=O)N1. The average Bonchev–Trinajstić information content (AvgIpc) is 3.21. The minimum absolute atomic E-state index is 0.112. The van der Waals surface area contributed by atoms with Gasteiger partial charge in [-0.1, -0.05) is 41.4 Å². The molecule has 0 radical (unpaired) electrons. The van der Waals surface area contributed by atoms with Gasteiger partial charge in [-0.2, -0.15) is 0 Å². The van der Waals surface area contributed by atoms with E-state index in [0.29, 0.717) is 28.6 Å². The van der Waals surface area contributed by atoms with Gasteiger partial charge in [0, 0.05) is 44.7 Å². The number of halogens is 2. The largest absolute Gasteiger partial charge is 0.368 e. The number of anilines is 1. The van der Waals surface area contributed by atoms with Crippen LogP contribution in [0.25, 0.3) is 0 Å². The first-order valence-electron chi connectivity index (χ1n) is 12.6. The van der Waals surface area contributed by atoms with E-state index in [1.54, 1.807) is 4.90 Å². The van der Waals surface area contributed by atoms with Gasteiger partial charge in [0.1, 0.15) is 6.04 Å². The molecule has 1 unspecified atom stereocenters. The summed E-state index contributed by atoms with van der Waals surface area (Å²) in [5, 5.41) is 3.58. The number of hydrogen-bond donors (Lipinski definition) is 1. The number of hydrogen-bond acceptors (Lipinski definition) is 5. The lowest BCUT2D eigenvalue weighted by atomic mass is 9.98. The molecule has 5 rings (SSSR count). The zero-order valence-corrected chi connectivity index (χ0v) is 21.7. The highest BCUT2D eigenvalue weighted by Crippen LogP contribution is 2.33. The van der Waals surface area contributed by atoms with Crippen LogP contribution in [0.5, 0.6) is 0 Å². The Morgan fingerprint density at radius 2 is 1.72 bits per heavy atom. The fourth-order valence-corrected chi connectivity index (χ4v) is 5.90. The Morgan fingerprint density at radius 3 is 2.50 bits per heavy atom. The summed E-state index contributed by atoms with van der Waals surface area (Å²) in [4.78, 5) is 43.2. The Labute approximate surface area is 221 Å². The average molecular weight is 529 g/mol. The van der Waals surface area contributed by atoms with Crippen LogP contribution in [0.1, 0.15) is 47.2 Å². The van der Waals surface area contributed by atoms with E-state index in [-0.39, 0.29) is 24.1 Å². The Morgan fingerprint density at radius 1 is 0.944 bits per heavy atom. The first-order valence-corrected chi connectivity index (χ1v) is 13.3. The topological polar surface area (TPSA) is 73.0 Å². The van der Waals surface area contributed by atoms with Crippen LogP contribution in [-0.2, 0) is 22.6 Å². The lowest BCUT2D eigenvalue weighted by molar-refractivity contribution is -0.136. The van der Waals surface area contributed by atoms with Crippen LogP contribution in [0.15, 0.2) is 36.4 Å². The number of piperidine rings is 1. The van der Waals surface area contributed by atoms with Crippen LogP contribution in [-0.4, -0.2) is 66.3 Å². The molecule has 2 aromatic rings. The molecular weight excluding hydrogens is 499 g/mol. The molecular formula is C27H30Cl2N4O3. The maximum absolute atomic E-state index is 13.0. The van der Waals surface area contributed by atoms with Gasteiger partial charge in [0.05, 0.1) is 15.7 Å². The first-order chi connectivity index (χ1) is 17.4. The van der Waals surface area contributed by atoms with Crippen molar-refractivity contribution in [2.75, 3.05) is 37.6 Å². The monoisotopic (exact) mass is 528 g/mol. The van der Waals surface area contributed by atoms with E-state index in [1.165, 1.54) is 5.56 Å². The van der Waals surface area contributed by atoms with Gasteiger partial charge in [0.15, 0.2) is 0 Å². The summed E-state index contributed by atoms with van der Waals surface area (Å²) >= 11 is 12.6. The van der Waals surface area contributed by atoms with Crippen molar-refractivity contribution in [2.45, 2.75) is 44.7 Å².